The van der Waals surface area contributed by atoms with E-state index in [2.05, 4.69) is 10.6 Å². The fourth-order valence-electron chi connectivity index (χ4n) is 1.93. The lowest BCUT2D eigenvalue weighted by Crippen LogP contribution is -2.27. The lowest BCUT2D eigenvalue weighted by atomic mass is 10.1. The molecule has 5 nitrogen and oxygen atoms in total. The molecule has 0 aromatic heterocycles. The molecule has 0 radical (unpaired) electrons. The van der Waals surface area contributed by atoms with E-state index in [1.807, 2.05) is 0 Å². The fraction of sp³-hybridized carbons (Fsp3) is 0.462. The second kappa shape index (κ2) is 4.60. The molecule has 0 bridgehead atoms. The Bertz CT molecular complexity index is 524. The number of benzene rings is 1. The molecule has 1 aromatic rings. The van der Waals surface area contributed by atoms with Gasteiger partial charge in [-0.25, -0.2) is 9.18 Å². The Balaban J connectivity index is 2.24. The highest BCUT2D eigenvalue weighted by Crippen LogP contribution is 2.37. The molecular formula is C13H17FN2O3. The van der Waals surface area contributed by atoms with Gasteiger partial charge in [0, 0.05) is 23.9 Å². The van der Waals surface area contributed by atoms with Gasteiger partial charge in [0.1, 0.15) is 17.0 Å². The van der Waals surface area contributed by atoms with Crippen LogP contribution in [-0.2, 0) is 11.2 Å². The Morgan fingerprint density at radius 2 is 2.21 bits per heavy atom. The molecule has 2 rings (SSSR count). The van der Waals surface area contributed by atoms with Crippen LogP contribution >= 0.6 is 0 Å². The van der Waals surface area contributed by atoms with Gasteiger partial charge in [-0.05, 0) is 27.2 Å². The number of rotatable bonds is 1. The van der Waals surface area contributed by atoms with E-state index in [1.54, 1.807) is 20.8 Å². The number of carbonyl (C=O) groups is 1. The zero-order valence-corrected chi connectivity index (χ0v) is 11.1. The minimum absolute atomic E-state index is 0.239. The monoisotopic (exact) mass is 268 g/mol. The van der Waals surface area contributed by atoms with Gasteiger partial charge in [0.15, 0.2) is 5.82 Å². The van der Waals surface area contributed by atoms with Crippen LogP contribution in [0.3, 0.4) is 0 Å². The summed E-state index contributed by atoms with van der Waals surface area (Å²) in [5, 5.41) is 15.0. The number of hydrogen-bond acceptors (Lipinski definition) is 4. The molecule has 1 aliphatic rings. The van der Waals surface area contributed by atoms with Gasteiger partial charge < -0.3 is 15.2 Å². The van der Waals surface area contributed by atoms with Crippen LogP contribution in [0.2, 0.25) is 0 Å². The average molecular weight is 268 g/mol. The van der Waals surface area contributed by atoms with Crippen LogP contribution in [0.5, 0.6) is 5.75 Å². The highest BCUT2D eigenvalue weighted by Gasteiger charge is 2.24. The second-order valence-electron chi connectivity index (χ2n) is 5.41. The summed E-state index contributed by atoms with van der Waals surface area (Å²) in [4.78, 5) is 11.6. The normalized spacial score (nSPS) is 13.7. The molecular weight excluding hydrogens is 251 g/mol. The summed E-state index contributed by atoms with van der Waals surface area (Å²) < 4.78 is 19.2. The molecule has 0 spiro atoms. The van der Waals surface area contributed by atoms with Crippen molar-refractivity contribution in [1.82, 2.24) is 0 Å². The minimum atomic E-state index is -0.799. The Morgan fingerprint density at radius 1 is 1.53 bits per heavy atom. The number of ether oxygens (including phenoxy) is 1. The number of carbonyl (C=O) groups excluding carboxylic acids is 1. The van der Waals surface area contributed by atoms with Crippen molar-refractivity contribution in [2.24, 2.45) is 0 Å². The number of fused-ring (bicyclic) bond motifs is 1. The number of anilines is 2. The maximum absolute atomic E-state index is 14.2. The first-order chi connectivity index (χ1) is 8.78. The molecule has 104 valence electrons. The first-order valence-corrected chi connectivity index (χ1v) is 6.06. The molecule has 1 aromatic carbocycles. The molecule has 1 heterocycles. The maximum atomic E-state index is 14.2. The summed E-state index contributed by atoms with van der Waals surface area (Å²) in [6.45, 7) is 5.72. The van der Waals surface area contributed by atoms with Gasteiger partial charge in [-0.3, -0.25) is 5.32 Å². The SMILES string of the molecule is CC(C)(C)OC(=O)Nc1c(O)cc2c(c1F)CCN2. The van der Waals surface area contributed by atoms with Gasteiger partial charge in [-0.2, -0.15) is 0 Å². The summed E-state index contributed by atoms with van der Waals surface area (Å²) in [5.41, 5.74) is 0.0966. The molecule has 0 unspecified atom stereocenters. The van der Waals surface area contributed by atoms with Crippen molar-refractivity contribution in [3.05, 3.63) is 17.4 Å². The van der Waals surface area contributed by atoms with Crippen molar-refractivity contribution < 1.29 is 19.0 Å². The van der Waals surface area contributed by atoms with Crippen molar-refractivity contribution in [3.63, 3.8) is 0 Å². The predicted octanol–water partition coefficient (Wildman–Crippen LogP) is 2.85. The summed E-state index contributed by atoms with van der Waals surface area (Å²) in [7, 11) is 0. The van der Waals surface area contributed by atoms with Crippen molar-refractivity contribution in [2.45, 2.75) is 32.8 Å². The summed E-state index contributed by atoms with van der Waals surface area (Å²) in [6.07, 6.45) is -0.280. The average Bonchev–Trinajstić information content (AvgIpc) is 2.69. The van der Waals surface area contributed by atoms with Crippen LogP contribution in [0.15, 0.2) is 6.07 Å². The summed E-state index contributed by atoms with van der Waals surface area (Å²) in [5.74, 6) is -0.942. The molecule has 0 aliphatic carbocycles. The number of phenolic OH excluding ortho intramolecular Hbond substituents is 1. The van der Waals surface area contributed by atoms with E-state index in [0.717, 1.165) is 0 Å². The van der Waals surface area contributed by atoms with Gasteiger partial charge in [0.25, 0.3) is 0 Å². The number of nitrogens with one attached hydrogen (secondary N) is 2. The van der Waals surface area contributed by atoms with E-state index in [9.17, 15) is 14.3 Å². The van der Waals surface area contributed by atoms with Gasteiger partial charge >= 0.3 is 6.09 Å². The molecule has 0 saturated carbocycles. The van der Waals surface area contributed by atoms with Crippen LogP contribution in [0, 0.1) is 5.82 Å². The number of amides is 1. The third-order valence-corrected chi connectivity index (χ3v) is 2.66. The smallest absolute Gasteiger partial charge is 0.412 e. The Hall–Kier alpha value is -1.98. The molecule has 3 N–H and O–H groups in total. The van der Waals surface area contributed by atoms with Crippen LogP contribution in [0.25, 0.3) is 0 Å². The molecule has 1 aliphatic heterocycles. The number of aromatic hydroxyl groups is 1. The van der Waals surface area contributed by atoms with Crippen LogP contribution in [-0.4, -0.2) is 23.3 Å². The molecule has 19 heavy (non-hydrogen) atoms. The van der Waals surface area contributed by atoms with Gasteiger partial charge in [0.05, 0.1) is 0 Å². The highest BCUT2D eigenvalue weighted by molar-refractivity contribution is 5.88. The Morgan fingerprint density at radius 3 is 2.84 bits per heavy atom. The van der Waals surface area contributed by atoms with E-state index in [1.165, 1.54) is 6.07 Å². The predicted molar refractivity (Wildman–Crippen MR) is 70.1 cm³/mol. The largest absolute Gasteiger partial charge is 0.506 e. The Kier molecular flexibility index (Phi) is 3.26. The lowest BCUT2D eigenvalue weighted by Gasteiger charge is -2.20. The Labute approximate surface area is 110 Å². The van der Waals surface area contributed by atoms with E-state index in [-0.39, 0.29) is 11.4 Å². The molecule has 0 fully saturated rings. The van der Waals surface area contributed by atoms with E-state index in [4.69, 9.17) is 4.74 Å². The zero-order valence-electron chi connectivity index (χ0n) is 11.1. The minimum Gasteiger partial charge on any atom is -0.506 e. The number of halogens is 1. The van der Waals surface area contributed by atoms with Gasteiger partial charge in [-0.15, -0.1) is 0 Å². The zero-order chi connectivity index (χ0) is 14.2. The molecule has 6 heteroatoms. The van der Waals surface area contributed by atoms with Crippen LogP contribution in [0.4, 0.5) is 20.6 Å². The van der Waals surface area contributed by atoms with E-state index < -0.39 is 17.5 Å². The maximum Gasteiger partial charge on any atom is 0.412 e. The van der Waals surface area contributed by atoms with E-state index in [0.29, 0.717) is 24.2 Å². The standard InChI is InChI=1S/C13H17FN2O3/c1-13(2,3)19-12(18)16-11-9(17)6-8-7(10(11)14)4-5-15-8/h6,15,17H,4-5H2,1-3H3,(H,16,18). The fourth-order valence-corrected chi connectivity index (χ4v) is 1.93. The topological polar surface area (TPSA) is 70.6 Å². The van der Waals surface area contributed by atoms with E-state index >= 15 is 0 Å². The lowest BCUT2D eigenvalue weighted by molar-refractivity contribution is 0.0634. The summed E-state index contributed by atoms with van der Waals surface area (Å²) in [6, 6.07) is 1.40. The summed E-state index contributed by atoms with van der Waals surface area (Å²) >= 11 is 0. The quantitative estimate of drug-likeness (QED) is 0.685. The molecule has 0 saturated heterocycles. The molecule has 1 amide bonds. The second-order valence-corrected chi connectivity index (χ2v) is 5.41. The highest BCUT2D eigenvalue weighted by atomic mass is 19.1. The molecule has 0 atom stereocenters. The van der Waals surface area contributed by atoms with Crippen molar-refractivity contribution in [1.29, 1.82) is 0 Å². The van der Waals surface area contributed by atoms with Crippen molar-refractivity contribution in [2.75, 3.05) is 17.2 Å². The van der Waals surface area contributed by atoms with Crippen LogP contribution < -0.4 is 10.6 Å². The third kappa shape index (κ3) is 2.89. The number of hydrogen-bond donors (Lipinski definition) is 3. The van der Waals surface area contributed by atoms with Crippen LogP contribution in [0.1, 0.15) is 26.3 Å². The van der Waals surface area contributed by atoms with Crippen molar-refractivity contribution in [3.8, 4) is 5.75 Å². The third-order valence-electron chi connectivity index (χ3n) is 2.66. The van der Waals surface area contributed by atoms with Crippen molar-refractivity contribution >= 4 is 17.5 Å². The van der Waals surface area contributed by atoms with Gasteiger partial charge in [0.2, 0.25) is 0 Å². The first-order valence-electron chi connectivity index (χ1n) is 6.06. The van der Waals surface area contributed by atoms with Gasteiger partial charge in [-0.1, -0.05) is 0 Å². The number of phenols is 1. The first kappa shape index (κ1) is 13.5.